The number of nitrogens with zero attached hydrogens (tertiary/aromatic N) is 2. The molecule has 0 aromatic heterocycles. The molecule has 3 aliphatic rings. The lowest BCUT2D eigenvalue weighted by atomic mass is 9.96. The van der Waals surface area contributed by atoms with Crippen LogP contribution in [0.25, 0.3) is 0 Å². The van der Waals surface area contributed by atoms with Crippen molar-refractivity contribution >= 4 is 35.2 Å². The Morgan fingerprint density at radius 3 is 2.39 bits per heavy atom. The number of hydrogen-bond acceptors (Lipinski definition) is 8. The predicted molar refractivity (Wildman–Crippen MR) is 166 cm³/mol. The maximum Gasteiger partial charge on any atom is 0.265 e. The van der Waals surface area contributed by atoms with Crippen LogP contribution in [0.5, 0.6) is 0 Å². The van der Waals surface area contributed by atoms with Crippen molar-refractivity contribution in [3.05, 3.63) is 64.7 Å². The third-order valence-electron chi connectivity index (χ3n) is 8.74. The molecule has 5 amide bonds. The molecule has 0 spiro atoms. The van der Waals surface area contributed by atoms with Gasteiger partial charge in [0, 0.05) is 43.9 Å². The molecule has 0 bridgehead atoms. The van der Waals surface area contributed by atoms with Crippen LogP contribution < -0.4 is 26.4 Å². The molecule has 2 aromatic carbocycles. The Morgan fingerprint density at radius 2 is 1.66 bits per heavy atom. The standard InChI is InChI=1S/C33H42N6O5/c1-2-3-4-5-16-35-37-30(41)24-8-6-22(7-9-24)20-34-21-23-14-17-38(18-15-23)25-10-11-26-27(19-25)33(44)39(32(26)43)28-12-13-29(40)36-31(28)42/h6-11,19,23,28,34-35H,2-5,12-18,20-21H2,1H3,(H,37,41)(H,36,40,42). The number of nitrogens with one attached hydrogen (secondary N) is 4. The van der Waals surface area contributed by atoms with E-state index in [1.807, 2.05) is 30.3 Å². The Kier molecular flexibility index (Phi) is 10.4. The van der Waals surface area contributed by atoms with Crippen LogP contribution in [0, 0.1) is 5.92 Å². The zero-order valence-corrected chi connectivity index (χ0v) is 25.3. The second-order valence-electron chi connectivity index (χ2n) is 11.9. The minimum Gasteiger partial charge on any atom is -0.371 e. The maximum absolute atomic E-state index is 13.2. The van der Waals surface area contributed by atoms with Crippen molar-refractivity contribution in [3.8, 4) is 0 Å². The number of rotatable bonds is 13. The number of carbonyl (C=O) groups is 5. The smallest absolute Gasteiger partial charge is 0.265 e. The van der Waals surface area contributed by atoms with Crippen molar-refractivity contribution in [2.45, 2.75) is 70.9 Å². The number of carbonyl (C=O) groups excluding carboxylic acids is 5. The molecule has 2 fully saturated rings. The van der Waals surface area contributed by atoms with Gasteiger partial charge < -0.3 is 10.2 Å². The molecule has 3 heterocycles. The van der Waals surface area contributed by atoms with E-state index in [1.165, 1.54) is 12.8 Å². The molecule has 4 N–H and O–H groups in total. The largest absolute Gasteiger partial charge is 0.371 e. The molecule has 0 aliphatic carbocycles. The SMILES string of the molecule is CCCCCCNNC(=O)c1ccc(CNCC2CCN(c3ccc4c(c3)C(=O)N(C3CCC(=O)NC3=O)C4=O)CC2)cc1. The summed E-state index contributed by atoms with van der Waals surface area (Å²) in [6.07, 6.45) is 6.83. The number of hydrogen-bond donors (Lipinski definition) is 4. The highest BCUT2D eigenvalue weighted by molar-refractivity contribution is 6.23. The molecule has 1 atom stereocenters. The fourth-order valence-electron chi connectivity index (χ4n) is 6.10. The van der Waals surface area contributed by atoms with Gasteiger partial charge in [-0.2, -0.15) is 0 Å². The van der Waals surface area contributed by atoms with Crippen LogP contribution in [0.2, 0.25) is 0 Å². The van der Waals surface area contributed by atoms with Crippen molar-refractivity contribution in [3.63, 3.8) is 0 Å². The lowest BCUT2D eigenvalue weighted by molar-refractivity contribution is -0.136. The summed E-state index contributed by atoms with van der Waals surface area (Å²) in [7, 11) is 0. The maximum atomic E-state index is 13.2. The molecule has 0 saturated carbocycles. The average molecular weight is 603 g/mol. The summed E-state index contributed by atoms with van der Waals surface area (Å²) in [5.41, 5.74) is 9.01. The zero-order valence-electron chi connectivity index (χ0n) is 25.3. The van der Waals surface area contributed by atoms with Gasteiger partial charge in [0.1, 0.15) is 6.04 Å². The van der Waals surface area contributed by atoms with Crippen LogP contribution in [0.4, 0.5) is 5.69 Å². The van der Waals surface area contributed by atoms with E-state index in [0.29, 0.717) is 22.6 Å². The van der Waals surface area contributed by atoms with E-state index in [9.17, 15) is 24.0 Å². The highest BCUT2D eigenvalue weighted by Gasteiger charge is 2.44. The highest BCUT2D eigenvalue weighted by atomic mass is 16.2. The molecule has 2 saturated heterocycles. The summed E-state index contributed by atoms with van der Waals surface area (Å²) in [4.78, 5) is 65.6. The van der Waals surface area contributed by atoms with E-state index in [0.717, 1.165) is 74.6 Å². The summed E-state index contributed by atoms with van der Waals surface area (Å²) < 4.78 is 0. The summed E-state index contributed by atoms with van der Waals surface area (Å²) >= 11 is 0. The van der Waals surface area contributed by atoms with Crippen LogP contribution in [-0.4, -0.2) is 66.7 Å². The van der Waals surface area contributed by atoms with E-state index in [2.05, 4.69) is 33.3 Å². The van der Waals surface area contributed by atoms with Crippen LogP contribution in [-0.2, 0) is 16.1 Å². The van der Waals surface area contributed by atoms with Crippen molar-refractivity contribution in [1.82, 2.24) is 26.4 Å². The average Bonchev–Trinajstić information content (AvgIpc) is 3.28. The van der Waals surface area contributed by atoms with E-state index >= 15 is 0 Å². The number of hydrazine groups is 1. The minimum absolute atomic E-state index is 0.0984. The quantitative estimate of drug-likeness (QED) is 0.156. The summed E-state index contributed by atoms with van der Waals surface area (Å²) in [5, 5.41) is 5.78. The number of imide groups is 2. The van der Waals surface area contributed by atoms with Crippen LogP contribution in [0.3, 0.4) is 0 Å². The fourth-order valence-corrected chi connectivity index (χ4v) is 6.10. The molecule has 0 radical (unpaired) electrons. The minimum atomic E-state index is -0.962. The first kappa shape index (κ1) is 31.3. The first-order chi connectivity index (χ1) is 21.4. The molecular weight excluding hydrogens is 560 g/mol. The Labute approximate surface area is 258 Å². The number of piperidine rings is 2. The monoisotopic (exact) mass is 602 g/mol. The fraction of sp³-hybridized carbons (Fsp3) is 0.485. The molecule has 234 valence electrons. The second kappa shape index (κ2) is 14.6. The van der Waals surface area contributed by atoms with Gasteiger partial charge in [0.15, 0.2) is 0 Å². The summed E-state index contributed by atoms with van der Waals surface area (Å²) in [6.45, 7) is 6.22. The number of amides is 5. The van der Waals surface area contributed by atoms with Crippen molar-refractivity contribution in [1.29, 1.82) is 0 Å². The van der Waals surface area contributed by atoms with E-state index < -0.39 is 23.8 Å². The van der Waals surface area contributed by atoms with Crippen molar-refractivity contribution < 1.29 is 24.0 Å². The number of anilines is 1. The molecule has 1 unspecified atom stereocenters. The van der Waals surface area contributed by atoms with Gasteiger partial charge in [0.25, 0.3) is 17.7 Å². The third-order valence-corrected chi connectivity index (χ3v) is 8.74. The molecule has 5 rings (SSSR count). The van der Waals surface area contributed by atoms with Gasteiger partial charge in [0.2, 0.25) is 11.8 Å². The van der Waals surface area contributed by atoms with E-state index in [4.69, 9.17) is 0 Å². The van der Waals surface area contributed by atoms with Crippen LogP contribution in [0.1, 0.15) is 94.9 Å². The molecular formula is C33H42N6O5. The molecule has 11 heteroatoms. The Hall–Kier alpha value is -4.09. The second-order valence-corrected chi connectivity index (χ2v) is 11.9. The third kappa shape index (κ3) is 7.34. The first-order valence-electron chi connectivity index (χ1n) is 15.8. The van der Waals surface area contributed by atoms with Gasteiger partial charge in [-0.15, -0.1) is 0 Å². The molecule has 44 heavy (non-hydrogen) atoms. The number of fused-ring (bicyclic) bond motifs is 1. The van der Waals surface area contributed by atoms with Gasteiger partial charge in [0.05, 0.1) is 11.1 Å². The summed E-state index contributed by atoms with van der Waals surface area (Å²) in [5.74, 6) is -1.58. The lowest BCUT2D eigenvalue weighted by Crippen LogP contribution is -2.54. The highest BCUT2D eigenvalue weighted by Crippen LogP contribution is 2.32. The molecule has 11 nitrogen and oxygen atoms in total. The van der Waals surface area contributed by atoms with E-state index in [1.54, 1.807) is 12.1 Å². The zero-order chi connectivity index (χ0) is 31.1. The predicted octanol–water partition coefficient (Wildman–Crippen LogP) is 2.91. The normalized spacial score (nSPS) is 18.9. The Bertz CT molecular complexity index is 1390. The lowest BCUT2D eigenvalue weighted by Gasteiger charge is -2.34. The van der Waals surface area contributed by atoms with Crippen molar-refractivity contribution in [2.75, 3.05) is 31.1 Å². The van der Waals surface area contributed by atoms with Crippen molar-refractivity contribution in [2.24, 2.45) is 5.92 Å². The van der Waals surface area contributed by atoms with Gasteiger partial charge in [-0.05, 0) is 74.0 Å². The van der Waals surface area contributed by atoms with E-state index in [-0.39, 0.29) is 24.7 Å². The number of unbranched alkanes of at least 4 members (excludes halogenated alkanes) is 3. The van der Waals surface area contributed by atoms with Gasteiger partial charge in [-0.1, -0.05) is 38.3 Å². The Balaban J connectivity index is 1.05. The molecule has 2 aromatic rings. The van der Waals surface area contributed by atoms with Crippen LogP contribution >= 0.6 is 0 Å². The van der Waals surface area contributed by atoms with Crippen LogP contribution in [0.15, 0.2) is 42.5 Å². The van der Waals surface area contributed by atoms with Gasteiger partial charge >= 0.3 is 0 Å². The summed E-state index contributed by atoms with van der Waals surface area (Å²) in [6, 6.07) is 12.0. The van der Waals surface area contributed by atoms with Gasteiger partial charge in [-0.3, -0.25) is 39.6 Å². The number of benzene rings is 2. The topological polar surface area (TPSA) is 140 Å². The first-order valence-corrected chi connectivity index (χ1v) is 15.8. The Morgan fingerprint density at radius 1 is 0.909 bits per heavy atom. The molecule has 3 aliphatic heterocycles. The van der Waals surface area contributed by atoms with Gasteiger partial charge in [-0.25, -0.2) is 5.43 Å².